The Morgan fingerprint density at radius 2 is 1.87 bits per heavy atom. The largest absolute Gasteiger partial charge is 0.497 e. The average Bonchev–Trinajstić information content (AvgIpc) is 3.61. The number of hydrogen-bond acceptors (Lipinski definition) is 7. The minimum Gasteiger partial charge on any atom is -0.497 e. The van der Waals surface area contributed by atoms with Crippen LogP contribution in [0, 0.1) is 5.92 Å². The van der Waals surface area contributed by atoms with E-state index in [9.17, 15) is 14.4 Å². The second kappa shape index (κ2) is 7.95. The summed E-state index contributed by atoms with van der Waals surface area (Å²) >= 11 is 0. The molecule has 4 heterocycles. The van der Waals surface area contributed by atoms with E-state index in [1.807, 2.05) is 59.5 Å². The van der Waals surface area contributed by atoms with E-state index in [1.165, 1.54) is 6.92 Å². The van der Waals surface area contributed by atoms with Crippen LogP contribution in [-0.2, 0) is 15.0 Å². The van der Waals surface area contributed by atoms with Crippen LogP contribution in [0.5, 0.6) is 17.2 Å². The zero-order chi connectivity index (χ0) is 26.2. The second-order valence-corrected chi connectivity index (χ2v) is 9.97. The summed E-state index contributed by atoms with van der Waals surface area (Å²) in [5.41, 5.74) is 2.03. The molecule has 190 valence electrons. The van der Waals surface area contributed by atoms with Gasteiger partial charge in [0.25, 0.3) is 0 Å². The van der Waals surface area contributed by atoms with Crippen molar-refractivity contribution < 1.29 is 28.6 Å². The molecule has 4 aliphatic heterocycles. The minimum absolute atomic E-state index is 0.0765. The molecular formula is C30H24N2O6. The average molecular weight is 509 g/mol. The maximum absolute atomic E-state index is 14.5. The molecule has 0 radical (unpaired) electrons. The third kappa shape index (κ3) is 2.82. The van der Waals surface area contributed by atoms with Crippen molar-refractivity contribution in [3.05, 3.63) is 83.4 Å². The maximum Gasteiger partial charge on any atom is 0.238 e. The highest BCUT2D eigenvalue weighted by Gasteiger charge is 2.69. The third-order valence-corrected chi connectivity index (χ3v) is 8.20. The summed E-state index contributed by atoms with van der Waals surface area (Å²) < 4.78 is 16.4. The molecule has 8 heteroatoms. The first-order valence-corrected chi connectivity index (χ1v) is 12.4. The Balaban J connectivity index is 1.48. The van der Waals surface area contributed by atoms with Crippen LogP contribution in [0.25, 0.3) is 6.08 Å². The van der Waals surface area contributed by atoms with Gasteiger partial charge in [-0.3, -0.25) is 14.4 Å². The lowest BCUT2D eigenvalue weighted by Crippen LogP contribution is -2.51. The number of carbonyl (C=O) groups is 3. The molecule has 4 atom stereocenters. The quantitative estimate of drug-likeness (QED) is 0.533. The highest BCUT2D eigenvalue weighted by molar-refractivity contribution is 6.16. The number of anilines is 2. The van der Waals surface area contributed by atoms with Gasteiger partial charge in [-0.1, -0.05) is 30.4 Å². The summed E-state index contributed by atoms with van der Waals surface area (Å²) in [6, 6.07) is 16.6. The first kappa shape index (κ1) is 22.6. The van der Waals surface area contributed by atoms with Gasteiger partial charge in [0, 0.05) is 22.5 Å². The maximum atomic E-state index is 14.5. The second-order valence-electron chi connectivity index (χ2n) is 9.97. The minimum atomic E-state index is -1.32. The number of ketones is 2. The van der Waals surface area contributed by atoms with Crippen molar-refractivity contribution in [3.8, 4) is 17.2 Å². The van der Waals surface area contributed by atoms with E-state index >= 15 is 0 Å². The van der Waals surface area contributed by atoms with Crippen LogP contribution in [0.4, 0.5) is 11.4 Å². The first-order chi connectivity index (χ1) is 18.4. The third-order valence-electron chi connectivity index (χ3n) is 8.20. The lowest BCUT2D eigenvalue weighted by Gasteiger charge is -2.37. The SMILES string of the molecule is COc1ccc2c(c1)C=C[C@@H]1N2[C@H](C(C)=O)[C@H](C(=O)c2ccc3c(c2)OCO3)[C@]12C(=O)Nc1ccccc12. The fourth-order valence-electron chi connectivity index (χ4n) is 6.67. The number of ether oxygens (including phenoxy) is 3. The fourth-order valence-corrected chi connectivity index (χ4v) is 6.67. The standard InChI is InChI=1S/C30H24N2O6/c1-16(33)27-26(28(34)18-7-11-23-24(14-18)38-15-37-23)30(20-5-3-4-6-21(20)31-29(30)35)25-12-8-17-13-19(36-2)9-10-22(17)32(25)27/h3-14,25-27H,15H2,1-2H3,(H,31,35)/t25-,26+,27+,30+/m0/s1. The summed E-state index contributed by atoms with van der Waals surface area (Å²) in [5, 5.41) is 3.02. The predicted molar refractivity (Wildman–Crippen MR) is 140 cm³/mol. The highest BCUT2D eigenvalue weighted by atomic mass is 16.7. The van der Waals surface area contributed by atoms with Gasteiger partial charge in [0.2, 0.25) is 12.7 Å². The summed E-state index contributed by atoms with van der Waals surface area (Å²) in [6.45, 7) is 1.56. The van der Waals surface area contributed by atoms with Crippen molar-refractivity contribution >= 4 is 34.9 Å². The number of para-hydroxylation sites is 1. The number of benzene rings is 3. The molecule has 0 aromatic heterocycles. The lowest BCUT2D eigenvalue weighted by atomic mass is 9.64. The Kier molecular flexibility index (Phi) is 4.73. The smallest absolute Gasteiger partial charge is 0.238 e. The number of nitrogens with one attached hydrogen (secondary N) is 1. The van der Waals surface area contributed by atoms with Crippen molar-refractivity contribution in [3.63, 3.8) is 0 Å². The van der Waals surface area contributed by atoms with Gasteiger partial charge in [0.15, 0.2) is 23.1 Å². The van der Waals surface area contributed by atoms with Crippen LogP contribution < -0.4 is 24.4 Å². The van der Waals surface area contributed by atoms with Crippen molar-refractivity contribution in [1.29, 1.82) is 0 Å². The molecule has 1 N–H and O–H groups in total. The number of amides is 1. The van der Waals surface area contributed by atoms with Crippen LogP contribution >= 0.6 is 0 Å². The fraction of sp³-hybridized carbons (Fsp3) is 0.233. The molecule has 0 saturated carbocycles. The van der Waals surface area contributed by atoms with Gasteiger partial charge in [-0.2, -0.15) is 0 Å². The normalized spacial score (nSPS) is 25.6. The summed E-state index contributed by atoms with van der Waals surface area (Å²) in [7, 11) is 1.60. The topological polar surface area (TPSA) is 94.2 Å². The van der Waals surface area contributed by atoms with Gasteiger partial charge < -0.3 is 24.4 Å². The van der Waals surface area contributed by atoms with Crippen molar-refractivity contribution in [2.24, 2.45) is 5.92 Å². The number of nitrogens with zero attached hydrogens (tertiary/aromatic N) is 1. The van der Waals surface area contributed by atoms with Crippen molar-refractivity contribution in [1.82, 2.24) is 0 Å². The first-order valence-electron chi connectivity index (χ1n) is 12.4. The molecule has 1 fully saturated rings. The summed E-state index contributed by atoms with van der Waals surface area (Å²) in [4.78, 5) is 44.1. The van der Waals surface area contributed by atoms with Gasteiger partial charge in [-0.15, -0.1) is 0 Å². The molecule has 38 heavy (non-hydrogen) atoms. The van der Waals surface area contributed by atoms with Gasteiger partial charge in [-0.05, 0) is 55.0 Å². The van der Waals surface area contributed by atoms with Crippen LogP contribution in [0.15, 0.2) is 66.7 Å². The number of Topliss-reactive ketones (excluding diaryl/α,β-unsaturated/α-hetero) is 2. The zero-order valence-electron chi connectivity index (χ0n) is 20.8. The number of hydrogen-bond donors (Lipinski definition) is 1. The summed E-state index contributed by atoms with van der Waals surface area (Å²) in [6.07, 6.45) is 3.88. The van der Waals surface area contributed by atoms with E-state index < -0.39 is 23.4 Å². The van der Waals surface area contributed by atoms with Crippen LogP contribution in [-0.4, -0.2) is 43.5 Å². The number of carbonyl (C=O) groups excluding carboxylic acids is 3. The van der Waals surface area contributed by atoms with E-state index in [0.717, 1.165) is 11.3 Å². The van der Waals surface area contributed by atoms with Gasteiger partial charge >= 0.3 is 0 Å². The molecule has 1 saturated heterocycles. The van der Waals surface area contributed by atoms with Gasteiger partial charge in [-0.25, -0.2) is 0 Å². The molecule has 0 aliphatic carbocycles. The van der Waals surface area contributed by atoms with Crippen molar-refractivity contribution in [2.45, 2.75) is 24.4 Å². The van der Waals surface area contributed by atoms with Crippen LogP contribution in [0.2, 0.25) is 0 Å². The number of fused-ring (bicyclic) bond motifs is 7. The molecule has 1 spiro atoms. The molecule has 8 nitrogen and oxygen atoms in total. The Labute approximate surface area is 218 Å². The molecular weight excluding hydrogens is 484 g/mol. The highest BCUT2D eigenvalue weighted by Crippen LogP contribution is 2.58. The molecule has 7 rings (SSSR count). The van der Waals surface area contributed by atoms with E-state index in [0.29, 0.717) is 34.1 Å². The summed E-state index contributed by atoms with van der Waals surface area (Å²) in [5.74, 6) is -0.0815. The number of methoxy groups -OCH3 is 1. The Bertz CT molecular complexity index is 1580. The molecule has 1 amide bonds. The zero-order valence-corrected chi connectivity index (χ0v) is 20.8. The van der Waals surface area contributed by atoms with Crippen LogP contribution in [0.3, 0.4) is 0 Å². The van der Waals surface area contributed by atoms with Crippen molar-refractivity contribution in [2.75, 3.05) is 24.1 Å². The molecule has 0 unspecified atom stereocenters. The van der Waals surface area contributed by atoms with E-state index in [4.69, 9.17) is 14.2 Å². The molecule has 3 aromatic rings. The monoisotopic (exact) mass is 508 g/mol. The Morgan fingerprint density at radius 3 is 2.68 bits per heavy atom. The van der Waals surface area contributed by atoms with E-state index in [2.05, 4.69) is 5.32 Å². The molecule has 4 aliphatic rings. The van der Waals surface area contributed by atoms with Gasteiger partial charge in [0.05, 0.1) is 25.1 Å². The van der Waals surface area contributed by atoms with E-state index in [1.54, 1.807) is 25.3 Å². The van der Waals surface area contributed by atoms with E-state index in [-0.39, 0.29) is 24.3 Å². The van der Waals surface area contributed by atoms with Crippen LogP contribution in [0.1, 0.15) is 28.4 Å². The Hall–Kier alpha value is -4.59. The lowest BCUT2D eigenvalue weighted by molar-refractivity contribution is -0.122. The Morgan fingerprint density at radius 1 is 1.05 bits per heavy atom. The molecule has 0 bridgehead atoms. The predicted octanol–water partition coefficient (Wildman–Crippen LogP) is 3.99. The molecule has 3 aromatic carbocycles. The number of rotatable bonds is 4. The van der Waals surface area contributed by atoms with Gasteiger partial charge in [0.1, 0.15) is 11.2 Å².